The number of hydrogen-bond donors (Lipinski definition) is 0. The Morgan fingerprint density at radius 3 is 2.42 bits per heavy atom. The van der Waals surface area contributed by atoms with E-state index in [0.29, 0.717) is 5.56 Å². The third-order valence-corrected chi connectivity index (χ3v) is 4.36. The number of allylic oxidation sites excluding steroid dienone is 3. The minimum atomic E-state index is -0.528. The molecule has 0 saturated carbocycles. The number of aryl methyl sites for hydroxylation is 3. The molecule has 0 fully saturated rings. The Morgan fingerprint density at radius 1 is 1.04 bits per heavy atom. The molecule has 2 rings (SSSR count). The summed E-state index contributed by atoms with van der Waals surface area (Å²) < 4.78 is 7.08. The number of carbonyl (C=O) groups is 2. The number of Topliss-reactive ketones (excluding diaryl/α,β-unsaturated/α-hetero) is 1. The van der Waals surface area contributed by atoms with Crippen LogP contribution in [0.25, 0.3) is 5.69 Å². The van der Waals surface area contributed by atoms with Crippen LogP contribution in [-0.4, -0.2) is 22.9 Å². The summed E-state index contributed by atoms with van der Waals surface area (Å²) in [6.45, 7) is 9.59. The lowest BCUT2D eigenvalue weighted by atomic mass is 10.1. The Bertz CT molecular complexity index is 885. The van der Waals surface area contributed by atoms with Crippen molar-refractivity contribution < 1.29 is 14.3 Å². The molecule has 2 aromatic rings. The van der Waals surface area contributed by atoms with Crippen LogP contribution in [0.4, 0.5) is 0 Å². The van der Waals surface area contributed by atoms with Gasteiger partial charge in [0.1, 0.15) is 0 Å². The summed E-state index contributed by atoms with van der Waals surface area (Å²) >= 11 is 0. The maximum atomic E-state index is 12.5. The van der Waals surface area contributed by atoms with E-state index in [1.807, 2.05) is 37.5 Å². The van der Waals surface area contributed by atoms with Gasteiger partial charge in [0.05, 0.1) is 0 Å². The Labute approximate surface area is 154 Å². The van der Waals surface area contributed by atoms with Gasteiger partial charge in [-0.2, -0.15) is 0 Å². The van der Waals surface area contributed by atoms with Crippen molar-refractivity contribution >= 4 is 11.8 Å². The molecule has 0 atom stereocenters. The number of hydrogen-bond acceptors (Lipinski definition) is 3. The fraction of sp³-hybridized carbons (Fsp3) is 0.273. The van der Waals surface area contributed by atoms with E-state index in [1.165, 1.54) is 17.2 Å². The van der Waals surface area contributed by atoms with Gasteiger partial charge in [-0.1, -0.05) is 24.3 Å². The number of benzene rings is 1. The number of rotatable bonds is 6. The first kappa shape index (κ1) is 19.4. The molecule has 0 amide bonds. The maximum Gasteiger partial charge on any atom is 0.331 e. The van der Waals surface area contributed by atoms with Gasteiger partial charge in [0.15, 0.2) is 6.61 Å². The molecule has 0 spiro atoms. The van der Waals surface area contributed by atoms with Crippen molar-refractivity contribution in [2.24, 2.45) is 0 Å². The van der Waals surface area contributed by atoms with Crippen LogP contribution in [0.2, 0.25) is 0 Å². The summed E-state index contributed by atoms with van der Waals surface area (Å²) in [5.41, 5.74) is 5.83. The topological polar surface area (TPSA) is 48.3 Å². The monoisotopic (exact) mass is 351 g/mol. The number of ketones is 1. The Morgan fingerprint density at radius 2 is 1.77 bits per heavy atom. The van der Waals surface area contributed by atoms with Crippen LogP contribution in [0.1, 0.15) is 39.8 Å². The van der Waals surface area contributed by atoms with Gasteiger partial charge in [-0.3, -0.25) is 4.79 Å². The average Bonchev–Trinajstić information content (AvgIpc) is 2.90. The van der Waals surface area contributed by atoms with E-state index in [0.717, 1.165) is 17.1 Å². The normalized spacial score (nSPS) is 11.4. The summed E-state index contributed by atoms with van der Waals surface area (Å²) in [5.74, 6) is -0.736. The zero-order chi connectivity index (χ0) is 19.3. The first-order valence-electron chi connectivity index (χ1n) is 8.61. The molecular weight excluding hydrogens is 326 g/mol. The van der Waals surface area contributed by atoms with Crippen LogP contribution in [-0.2, 0) is 9.53 Å². The van der Waals surface area contributed by atoms with Gasteiger partial charge in [-0.15, -0.1) is 0 Å². The average molecular weight is 351 g/mol. The van der Waals surface area contributed by atoms with Gasteiger partial charge in [0, 0.05) is 28.7 Å². The number of carbonyl (C=O) groups excluding carboxylic acids is 2. The third kappa shape index (κ3) is 4.39. The number of aromatic nitrogens is 1. The second kappa shape index (κ2) is 8.48. The van der Waals surface area contributed by atoms with E-state index < -0.39 is 5.97 Å². The standard InChI is InChI=1S/C22H25NO3/c1-6-7-8-9-22(25)26-14-21(24)20-13-17(4)23(18(20)5)19-11-10-15(2)16(3)12-19/h6-13H,14H2,1-5H3. The summed E-state index contributed by atoms with van der Waals surface area (Å²) in [4.78, 5) is 24.1. The van der Waals surface area contributed by atoms with Crippen LogP contribution >= 0.6 is 0 Å². The molecule has 4 nitrogen and oxygen atoms in total. The molecule has 4 heteroatoms. The molecule has 1 heterocycles. The highest BCUT2D eigenvalue weighted by atomic mass is 16.5. The number of nitrogens with zero attached hydrogens (tertiary/aromatic N) is 1. The summed E-state index contributed by atoms with van der Waals surface area (Å²) in [7, 11) is 0. The molecular formula is C22H25NO3. The van der Waals surface area contributed by atoms with Gasteiger partial charge in [0.2, 0.25) is 5.78 Å². The van der Waals surface area contributed by atoms with Gasteiger partial charge in [-0.25, -0.2) is 4.79 Å². The van der Waals surface area contributed by atoms with Gasteiger partial charge in [0.25, 0.3) is 0 Å². The zero-order valence-electron chi connectivity index (χ0n) is 16.0. The largest absolute Gasteiger partial charge is 0.454 e. The second-order valence-corrected chi connectivity index (χ2v) is 6.30. The molecule has 1 aromatic heterocycles. The minimum Gasteiger partial charge on any atom is -0.454 e. The molecule has 0 aliphatic rings. The molecule has 0 aliphatic heterocycles. The van der Waals surface area contributed by atoms with E-state index in [4.69, 9.17) is 4.74 Å². The SMILES string of the molecule is CC=CC=CC(=O)OCC(=O)c1cc(C)n(-c2ccc(C)c(C)c2)c1C. The van der Waals surface area contributed by atoms with Gasteiger partial charge >= 0.3 is 5.97 Å². The predicted molar refractivity (Wildman–Crippen MR) is 104 cm³/mol. The highest BCUT2D eigenvalue weighted by molar-refractivity contribution is 6.00. The fourth-order valence-electron chi connectivity index (χ4n) is 2.81. The van der Waals surface area contributed by atoms with Crippen LogP contribution in [0.15, 0.2) is 48.6 Å². The molecule has 1 aromatic carbocycles. The highest BCUT2D eigenvalue weighted by Crippen LogP contribution is 2.23. The lowest BCUT2D eigenvalue weighted by Crippen LogP contribution is -2.13. The van der Waals surface area contributed by atoms with E-state index in [9.17, 15) is 9.59 Å². The number of esters is 1. The molecule has 0 N–H and O–H groups in total. The van der Waals surface area contributed by atoms with Gasteiger partial charge < -0.3 is 9.30 Å². The first-order chi connectivity index (χ1) is 12.3. The third-order valence-electron chi connectivity index (χ3n) is 4.36. The Balaban J connectivity index is 2.19. The molecule has 26 heavy (non-hydrogen) atoms. The Hall–Kier alpha value is -2.88. The molecule has 0 bridgehead atoms. The van der Waals surface area contributed by atoms with Crippen molar-refractivity contribution in [1.29, 1.82) is 0 Å². The van der Waals surface area contributed by atoms with E-state index in [-0.39, 0.29) is 12.4 Å². The van der Waals surface area contributed by atoms with Crippen molar-refractivity contribution in [2.75, 3.05) is 6.61 Å². The highest BCUT2D eigenvalue weighted by Gasteiger charge is 2.18. The molecule has 136 valence electrons. The van der Waals surface area contributed by atoms with Gasteiger partial charge in [-0.05, 0) is 63.9 Å². The lowest BCUT2D eigenvalue weighted by Gasteiger charge is -2.12. The minimum absolute atomic E-state index is 0.207. The van der Waals surface area contributed by atoms with Crippen LogP contribution in [0, 0.1) is 27.7 Å². The lowest BCUT2D eigenvalue weighted by molar-refractivity contribution is -0.136. The van der Waals surface area contributed by atoms with Crippen molar-refractivity contribution in [1.82, 2.24) is 4.57 Å². The second-order valence-electron chi connectivity index (χ2n) is 6.30. The van der Waals surface area contributed by atoms with Crippen molar-refractivity contribution in [3.63, 3.8) is 0 Å². The quantitative estimate of drug-likeness (QED) is 0.331. The number of ether oxygens (including phenoxy) is 1. The summed E-state index contributed by atoms with van der Waals surface area (Å²) in [6.07, 6.45) is 6.40. The van der Waals surface area contributed by atoms with E-state index >= 15 is 0 Å². The van der Waals surface area contributed by atoms with Crippen molar-refractivity contribution in [3.05, 3.63) is 76.6 Å². The fourth-order valence-corrected chi connectivity index (χ4v) is 2.81. The van der Waals surface area contributed by atoms with E-state index in [1.54, 1.807) is 18.2 Å². The first-order valence-corrected chi connectivity index (χ1v) is 8.61. The van der Waals surface area contributed by atoms with Crippen LogP contribution < -0.4 is 0 Å². The summed E-state index contributed by atoms with van der Waals surface area (Å²) in [5, 5.41) is 0. The Kier molecular flexibility index (Phi) is 6.34. The molecule has 0 unspecified atom stereocenters. The molecule has 0 aliphatic carbocycles. The van der Waals surface area contributed by atoms with Crippen LogP contribution in [0.3, 0.4) is 0 Å². The zero-order valence-corrected chi connectivity index (χ0v) is 16.0. The van der Waals surface area contributed by atoms with Crippen molar-refractivity contribution in [2.45, 2.75) is 34.6 Å². The maximum absolute atomic E-state index is 12.5. The smallest absolute Gasteiger partial charge is 0.331 e. The summed E-state index contributed by atoms with van der Waals surface area (Å²) in [6, 6.07) is 8.07. The molecule has 0 saturated heterocycles. The predicted octanol–water partition coefficient (Wildman–Crippen LogP) is 4.57. The van der Waals surface area contributed by atoms with E-state index in [2.05, 4.69) is 26.0 Å². The van der Waals surface area contributed by atoms with Crippen LogP contribution in [0.5, 0.6) is 0 Å². The van der Waals surface area contributed by atoms with Crippen molar-refractivity contribution in [3.8, 4) is 5.69 Å². The molecule has 0 radical (unpaired) electrons.